The van der Waals surface area contributed by atoms with Crippen molar-refractivity contribution in [2.24, 2.45) is 0 Å². The Kier molecular flexibility index (Phi) is 5.57. The zero-order valence-electron chi connectivity index (χ0n) is 14.3. The third kappa shape index (κ3) is 4.35. The van der Waals surface area contributed by atoms with Gasteiger partial charge >= 0.3 is 17.4 Å². The maximum Gasteiger partial charge on any atom is 0.393 e. The summed E-state index contributed by atoms with van der Waals surface area (Å²) in [6.07, 6.45) is 1.14. The van der Waals surface area contributed by atoms with Crippen LogP contribution >= 0.6 is 27.5 Å². The van der Waals surface area contributed by atoms with Gasteiger partial charge in [0.1, 0.15) is 17.8 Å². The SMILES string of the molecule is Cc1cc(Oc2ncnc(Oc3ccc(Br)cc3)c2[N+](=O)[O-])cc(C)c1Cl. The summed E-state index contributed by atoms with van der Waals surface area (Å²) in [5.41, 5.74) is 1.11. The third-order valence-corrected chi connectivity index (χ3v) is 4.72. The summed E-state index contributed by atoms with van der Waals surface area (Å²) < 4.78 is 12.1. The number of aryl methyl sites for hydroxylation is 2. The van der Waals surface area contributed by atoms with Gasteiger partial charge in [-0.2, -0.15) is 9.97 Å². The summed E-state index contributed by atoms with van der Waals surface area (Å²) in [6.45, 7) is 3.64. The van der Waals surface area contributed by atoms with E-state index in [4.69, 9.17) is 21.1 Å². The first-order valence-corrected chi connectivity index (χ1v) is 8.89. The molecule has 0 saturated carbocycles. The lowest BCUT2D eigenvalue weighted by Gasteiger charge is -2.10. The van der Waals surface area contributed by atoms with E-state index < -0.39 is 10.6 Å². The summed E-state index contributed by atoms with van der Waals surface area (Å²) in [6, 6.07) is 10.2. The van der Waals surface area contributed by atoms with Crippen molar-refractivity contribution >= 4 is 33.2 Å². The van der Waals surface area contributed by atoms with Crippen LogP contribution in [0.5, 0.6) is 23.3 Å². The number of hydrogen-bond acceptors (Lipinski definition) is 6. The zero-order valence-corrected chi connectivity index (χ0v) is 16.6. The van der Waals surface area contributed by atoms with Crippen molar-refractivity contribution in [2.75, 3.05) is 0 Å². The molecular weight excluding hydrogens is 438 g/mol. The van der Waals surface area contributed by atoms with Gasteiger partial charge in [0.15, 0.2) is 0 Å². The number of rotatable bonds is 5. The highest BCUT2D eigenvalue weighted by Crippen LogP contribution is 2.38. The minimum absolute atomic E-state index is 0.213. The smallest absolute Gasteiger partial charge is 0.393 e. The first-order valence-electron chi connectivity index (χ1n) is 7.72. The summed E-state index contributed by atoms with van der Waals surface area (Å²) >= 11 is 9.46. The molecule has 7 nitrogen and oxygen atoms in total. The number of ether oxygens (including phenoxy) is 2. The highest BCUT2D eigenvalue weighted by molar-refractivity contribution is 9.10. The van der Waals surface area contributed by atoms with Crippen LogP contribution in [0.1, 0.15) is 11.1 Å². The van der Waals surface area contributed by atoms with E-state index >= 15 is 0 Å². The Morgan fingerprint density at radius 2 is 1.52 bits per heavy atom. The molecule has 0 atom stereocenters. The standard InChI is InChI=1S/C18H13BrClN3O4/c1-10-7-14(8-11(2)15(10)20)27-18-16(23(24)25)17(21-9-22-18)26-13-5-3-12(19)4-6-13/h3-9H,1-2H3. The van der Waals surface area contributed by atoms with Gasteiger partial charge in [-0.3, -0.25) is 10.1 Å². The second-order valence-electron chi connectivity index (χ2n) is 5.62. The Hall–Kier alpha value is -2.71. The molecule has 27 heavy (non-hydrogen) atoms. The van der Waals surface area contributed by atoms with E-state index in [0.717, 1.165) is 21.9 Å². The summed E-state index contributed by atoms with van der Waals surface area (Å²) in [5.74, 6) is 0.341. The number of benzene rings is 2. The average Bonchev–Trinajstić information content (AvgIpc) is 2.61. The molecule has 2 aromatic carbocycles. The van der Waals surface area contributed by atoms with Gasteiger partial charge in [0, 0.05) is 9.50 Å². The van der Waals surface area contributed by atoms with Crippen LogP contribution in [0.2, 0.25) is 5.02 Å². The van der Waals surface area contributed by atoms with Gasteiger partial charge in [0.25, 0.3) is 0 Å². The van der Waals surface area contributed by atoms with Crippen LogP contribution in [-0.4, -0.2) is 14.9 Å². The quantitative estimate of drug-likeness (QED) is 0.350. The average molecular weight is 451 g/mol. The normalized spacial score (nSPS) is 10.5. The van der Waals surface area contributed by atoms with Crippen molar-refractivity contribution in [3.8, 4) is 23.3 Å². The topological polar surface area (TPSA) is 87.4 Å². The molecule has 0 fully saturated rings. The minimum Gasteiger partial charge on any atom is -0.433 e. The third-order valence-electron chi connectivity index (χ3n) is 3.59. The zero-order chi connectivity index (χ0) is 19.6. The lowest BCUT2D eigenvalue weighted by Crippen LogP contribution is -2.01. The molecule has 0 saturated heterocycles. The Labute approximate surface area is 168 Å². The van der Waals surface area contributed by atoms with Gasteiger partial charge in [-0.1, -0.05) is 27.5 Å². The van der Waals surface area contributed by atoms with Gasteiger partial charge in [0.05, 0.1) is 4.92 Å². The fourth-order valence-electron chi connectivity index (χ4n) is 2.34. The highest BCUT2D eigenvalue weighted by Gasteiger charge is 2.27. The molecule has 0 amide bonds. The predicted octanol–water partition coefficient (Wildman–Crippen LogP) is 6.00. The molecule has 0 aliphatic rings. The molecule has 1 heterocycles. The van der Waals surface area contributed by atoms with Crippen molar-refractivity contribution in [3.05, 3.63) is 73.5 Å². The van der Waals surface area contributed by atoms with Crippen LogP contribution in [0.25, 0.3) is 0 Å². The molecule has 0 aliphatic carbocycles. The van der Waals surface area contributed by atoms with E-state index in [1.165, 1.54) is 0 Å². The largest absolute Gasteiger partial charge is 0.433 e. The van der Waals surface area contributed by atoms with Crippen LogP contribution in [0, 0.1) is 24.0 Å². The van der Waals surface area contributed by atoms with E-state index in [1.54, 1.807) is 36.4 Å². The number of aromatic nitrogens is 2. The van der Waals surface area contributed by atoms with Crippen LogP contribution in [0.15, 0.2) is 47.2 Å². The molecular formula is C18H13BrClN3O4. The van der Waals surface area contributed by atoms with Crippen molar-refractivity contribution in [1.82, 2.24) is 9.97 Å². The first-order chi connectivity index (χ1) is 12.8. The molecule has 0 spiro atoms. The number of nitrogens with zero attached hydrogens (tertiary/aromatic N) is 3. The summed E-state index contributed by atoms with van der Waals surface area (Å²) in [7, 11) is 0. The predicted molar refractivity (Wildman–Crippen MR) is 104 cm³/mol. The van der Waals surface area contributed by atoms with Crippen molar-refractivity contribution < 1.29 is 14.4 Å². The monoisotopic (exact) mass is 449 g/mol. The molecule has 3 rings (SSSR count). The minimum atomic E-state index is -0.640. The molecule has 0 radical (unpaired) electrons. The van der Waals surface area contributed by atoms with Crippen molar-refractivity contribution in [3.63, 3.8) is 0 Å². The van der Waals surface area contributed by atoms with Gasteiger partial charge < -0.3 is 9.47 Å². The highest BCUT2D eigenvalue weighted by atomic mass is 79.9. The van der Waals surface area contributed by atoms with E-state index in [-0.39, 0.29) is 11.8 Å². The van der Waals surface area contributed by atoms with Gasteiger partial charge in [0.2, 0.25) is 0 Å². The maximum atomic E-state index is 11.6. The van der Waals surface area contributed by atoms with Gasteiger partial charge in [-0.15, -0.1) is 0 Å². The Morgan fingerprint density at radius 1 is 1.00 bits per heavy atom. The van der Waals surface area contributed by atoms with Crippen LogP contribution in [0.4, 0.5) is 5.69 Å². The summed E-state index contributed by atoms with van der Waals surface area (Å²) in [5, 5.41) is 12.2. The van der Waals surface area contributed by atoms with E-state index in [1.807, 2.05) is 13.8 Å². The van der Waals surface area contributed by atoms with Crippen molar-refractivity contribution in [1.29, 1.82) is 0 Å². The molecule has 3 aromatic rings. The van der Waals surface area contributed by atoms with Crippen LogP contribution in [0.3, 0.4) is 0 Å². The fraction of sp³-hybridized carbons (Fsp3) is 0.111. The Bertz CT molecular complexity index is 989. The van der Waals surface area contributed by atoms with E-state index in [9.17, 15) is 10.1 Å². The fourth-order valence-corrected chi connectivity index (χ4v) is 2.72. The molecule has 1 aromatic heterocycles. The number of hydrogen-bond donors (Lipinski definition) is 0. The van der Waals surface area contributed by atoms with Gasteiger partial charge in [-0.25, -0.2) is 0 Å². The van der Waals surface area contributed by atoms with E-state index in [0.29, 0.717) is 16.5 Å². The lowest BCUT2D eigenvalue weighted by atomic mass is 10.1. The molecule has 0 aliphatic heterocycles. The molecule has 0 bridgehead atoms. The second-order valence-corrected chi connectivity index (χ2v) is 6.91. The second kappa shape index (κ2) is 7.89. The van der Waals surface area contributed by atoms with E-state index in [2.05, 4.69) is 25.9 Å². The molecule has 9 heteroatoms. The number of nitro groups is 1. The Morgan fingerprint density at radius 3 is 2.04 bits per heavy atom. The first kappa shape index (κ1) is 19.1. The summed E-state index contributed by atoms with van der Waals surface area (Å²) in [4.78, 5) is 18.7. The Balaban J connectivity index is 1.98. The van der Waals surface area contributed by atoms with Crippen molar-refractivity contribution in [2.45, 2.75) is 13.8 Å². The van der Waals surface area contributed by atoms with Crippen LogP contribution in [-0.2, 0) is 0 Å². The van der Waals surface area contributed by atoms with Crippen LogP contribution < -0.4 is 9.47 Å². The maximum absolute atomic E-state index is 11.6. The van der Waals surface area contributed by atoms with Gasteiger partial charge in [-0.05, 0) is 61.4 Å². The lowest BCUT2D eigenvalue weighted by molar-refractivity contribution is -0.387. The number of halogens is 2. The molecule has 138 valence electrons. The molecule has 0 N–H and O–H groups in total. The molecule has 0 unspecified atom stereocenters.